The van der Waals surface area contributed by atoms with Crippen molar-refractivity contribution < 1.29 is 4.39 Å². The van der Waals surface area contributed by atoms with E-state index in [0.717, 1.165) is 23.6 Å². The first-order valence-electron chi connectivity index (χ1n) is 6.33. The summed E-state index contributed by atoms with van der Waals surface area (Å²) in [7, 11) is 2.06. The number of nitrogens with two attached hydrogens (primary N) is 1. The van der Waals surface area contributed by atoms with Gasteiger partial charge in [0.2, 0.25) is 0 Å². The van der Waals surface area contributed by atoms with Gasteiger partial charge < -0.3 is 10.6 Å². The molecule has 0 aliphatic heterocycles. The van der Waals surface area contributed by atoms with Crippen molar-refractivity contribution in [1.82, 2.24) is 4.90 Å². The summed E-state index contributed by atoms with van der Waals surface area (Å²) in [4.78, 5) is 2.56. The van der Waals surface area contributed by atoms with E-state index >= 15 is 0 Å². The molecule has 1 aromatic carbocycles. The van der Waals surface area contributed by atoms with Gasteiger partial charge >= 0.3 is 0 Å². The number of hydrogen-bond acceptors (Lipinski definition) is 2. The molecule has 1 aliphatic rings. The van der Waals surface area contributed by atoms with E-state index in [9.17, 15) is 4.39 Å². The SMILES string of the molecule is CN(Cc1cc(F)ccc1C(N)=S)CC1CCC1. The first kappa shape index (κ1) is 13.4. The van der Waals surface area contributed by atoms with Crippen LogP contribution in [0.2, 0.25) is 0 Å². The molecule has 2 nitrogen and oxygen atoms in total. The van der Waals surface area contributed by atoms with Gasteiger partial charge in [-0.15, -0.1) is 0 Å². The zero-order chi connectivity index (χ0) is 13.1. The number of rotatable bonds is 5. The highest BCUT2D eigenvalue weighted by atomic mass is 32.1. The summed E-state index contributed by atoms with van der Waals surface area (Å²) in [6.45, 7) is 1.76. The van der Waals surface area contributed by atoms with Crippen LogP contribution in [-0.4, -0.2) is 23.5 Å². The van der Waals surface area contributed by atoms with Crippen LogP contribution in [0.25, 0.3) is 0 Å². The molecular formula is C14H19FN2S. The molecule has 2 N–H and O–H groups in total. The Morgan fingerprint density at radius 2 is 2.22 bits per heavy atom. The van der Waals surface area contributed by atoms with Gasteiger partial charge in [-0.3, -0.25) is 0 Å². The molecule has 1 aliphatic carbocycles. The zero-order valence-electron chi connectivity index (χ0n) is 10.7. The summed E-state index contributed by atoms with van der Waals surface area (Å²) in [5.41, 5.74) is 7.33. The third-order valence-corrected chi connectivity index (χ3v) is 3.79. The summed E-state index contributed by atoms with van der Waals surface area (Å²) in [6, 6.07) is 4.61. The second-order valence-corrected chi connectivity index (χ2v) is 5.60. The Bertz CT molecular complexity index is 443. The molecule has 1 fully saturated rings. The molecule has 98 valence electrons. The Hall–Kier alpha value is -1.00. The van der Waals surface area contributed by atoms with Gasteiger partial charge in [0.1, 0.15) is 10.8 Å². The predicted octanol–water partition coefficient (Wildman–Crippen LogP) is 2.69. The minimum Gasteiger partial charge on any atom is -0.389 e. The molecule has 0 spiro atoms. The third-order valence-electron chi connectivity index (χ3n) is 3.57. The van der Waals surface area contributed by atoms with Crippen molar-refractivity contribution in [2.24, 2.45) is 11.7 Å². The fourth-order valence-corrected chi connectivity index (χ4v) is 2.60. The first-order valence-corrected chi connectivity index (χ1v) is 6.74. The second kappa shape index (κ2) is 5.76. The minimum atomic E-state index is -0.234. The van der Waals surface area contributed by atoms with Crippen molar-refractivity contribution in [3.8, 4) is 0 Å². The maximum atomic E-state index is 13.3. The van der Waals surface area contributed by atoms with E-state index < -0.39 is 0 Å². The molecule has 0 aromatic heterocycles. The number of benzene rings is 1. The van der Waals surface area contributed by atoms with E-state index in [1.807, 2.05) is 0 Å². The monoisotopic (exact) mass is 266 g/mol. The normalized spacial score (nSPS) is 15.7. The van der Waals surface area contributed by atoms with Crippen molar-refractivity contribution in [3.05, 3.63) is 35.1 Å². The van der Waals surface area contributed by atoms with Crippen LogP contribution in [0.3, 0.4) is 0 Å². The van der Waals surface area contributed by atoms with Gasteiger partial charge in [0.05, 0.1) is 0 Å². The highest BCUT2D eigenvalue weighted by Gasteiger charge is 2.19. The van der Waals surface area contributed by atoms with Crippen LogP contribution in [-0.2, 0) is 6.54 Å². The predicted molar refractivity (Wildman–Crippen MR) is 76.0 cm³/mol. The standard InChI is InChI=1S/C14H19FN2S/c1-17(8-10-3-2-4-10)9-11-7-12(15)5-6-13(11)14(16)18/h5-7,10H,2-4,8-9H2,1H3,(H2,16,18). The summed E-state index contributed by atoms with van der Waals surface area (Å²) < 4.78 is 13.3. The number of thiocarbonyl (C=S) groups is 1. The van der Waals surface area contributed by atoms with Gasteiger partial charge in [-0.05, 0) is 49.6 Å². The zero-order valence-corrected chi connectivity index (χ0v) is 11.5. The molecule has 2 rings (SSSR count). The summed E-state index contributed by atoms with van der Waals surface area (Å²) in [6.07, 6.45) is 3.97. The summed E-state index contributed by atoms with van der Waals surface area (Å²) in [5.74, 6) is 0.568. The number of halogens is 1. The largest absolute Gasteiger partial charge is 0.389 e. The molecule has 0 saturated heterocycles. The lowest BCUT2D eigenvalue weighted by Gasteiger charge is -2.30. The lowest BCUT2D eigenvalue weighted by molar-refractivity contribution is 0.200. The molecular weight excluding hydrogens is 247 g/mol. The van der Waals surface area contributed by atoms with Crippen LogP contribution < -0.4 is 5.73 Å². The second-order valence-electron chi connectivity index (χ2n) is 5.16. The first-order chi connectivity index (χ1) is 8.56. The Morgan fingerprint density at radius 1 is 1.50 bits per heavy atom. The van der Waals surface area contributed by atoms with Crippen molar-refractivity contribution in [3.63, 3.8) is 0 Å². The Labute approximate surface area is 113 Å². The average molecular weight is 266 g/mol. The van der Waals surface area contributed by atoms with Gasteiger partial charge in [0.15, 0.2) is 0 Å². The molecule has 1 saturated carbocycles. The molecule has 0 amide bonds. The molecule has 1 aromatic rings. The smallest absolute Gasteiger partial charge is 0.123 e. The van der Waals surface area contributed by atoms with Crippen LogP contribution in [0, 0.1) is 11.7 Å². The fraction of sp³-hybridized carbons (Fsp3) is 0.500. The topological polar surface area (TPSA) is 29.3 Å². The van der Waals surface area contributed by atoms with Gasteiger partial charge in [-0.1, -0.05) is 18.6 Å². The lowest BCUT2D eigenvalue weighted by atomic mass is 9.85. The number of hydrogen-bond donors (Lipinski definition) is 1. The van der Waals surface area contributed by atoms with Gasteiger partial charge in [-0.25, -0.2) is 4.39 Å². The number of nitrogens with zero attached hydrogens (tertiary/aromatic N) is 1. The van der Waals surface area contributed by atoms with E-state index in [0.29, 0.717) is 11.5 Å². The Balaban J connectivity index is 2.06. The molecule has 0 radical (unpaired) electrons. The maximum Gasteiger partial charge on any atom is 0.123 e. The fourth-order valence-electron chi connectivity index (χ4n) is 2.40. The molecule has 0 unspecified atom stereocenters. The molecule has 0 atom stereocenters. The highest BCUT2D eigenvalue weighted by molar-refractivity contribution is 7.80. The molecule has 18 heavy (non-hydrogen) atoms. The van der Waals surface area contributed by atoms with Crippen LogP contribution in [0.1, 0.15) is 30.4 Å². The summed E-state index contributed by atoms with van der Waals surface area (Å²) in [5, 5.41) is 0. The Kier molecular flexibility index (Phi) is 4.30. The molecule has 0 heterocycles. The van der Waals surface area contributed by atoms with Crippen molar-refractivity contribution in [1.29, 1.82) is 0 Å². The highest BCUT2D eigenvalue weighted by Crippen LogP contribution is 2.27. The minimum absolute atomic E-state index is 0.234. The molecule has 4 heteroatoms. The average Bonchev–Trinajstić information content (AvgIpc) is 2.23. The van der Waals surface area contributed by atoms with E-state index in [2.05, 4.69) is 11.9 Å². The summed E-state index contributed by atoms with van der Waals surface area (Å²) >= 11 is 5.00. The van der Waals surface area contributed by atoms with Crippen LogP contribution in [0.4, 0.5) is 4.39 Å². The van der Waals surface area contributed by atoms with Crippen molar-refractivity contribution in [2.75, 3.05) is 13.6 Å². The van der Waals surface area contributed by atoms with E-state index in [4.69, 9.17) is 18.0 Å². The van der Waals surface area contributed by atoms with Gasteiger partial charge in [0.25, 0.3) is 0 Å². The molecule has 0 bridgehead atoms. The maximum absolute atomic E-state index is 13.3. The Morgan fingerprint density at radius 3 is 2.78 bits per heavy atom. The van der Waals surface area contributed by atoms with Crippen molar-refractivity contribution >= 4 is 17.2 Å². The third kappa shape index (κ3) is 3.27. The van der Waals surface area contributed by atoms with Crippen molar-refractivity contribution in [2.45, 2.75) is 25.8 Å². The van der Waals surface area contributed by atoms with Crippen LogP contribution in [0.15, 0.2) is 18.2 Å². The van der Waals surface area contributed by atoms with E-state index in [1.54, 1.807) is 6.07 Å². The van der Waals surface area contributed by atoms with E-state index in [-0.39, 0.29) is 5.82 Å². The van der Waals surface area contributed by atoms with Gasteiger partial charge in [-0.2, -0.15) is 0 Å². The quantitative estimate of drug-likeness (QED) is 0.831. The lowest BCUT2D eigenvalue weighted by Crippen LogP contribution is -2.29. The van der Waals surface area contributed by atoms with Crippen LogP contribution >= 0.6 is 12.2 Å². The van der Waals surface area contributed by atoms with Gasteiger partial charge in [0, 0.05) is 18.7 Å². The van der Waals surface area contributed by atoms with Crippen LogP contribution in [0.5, 0.6) is 0 Å². The van der Waals surface area contributed by atoms with E-state index in [1.165, 1.54) is 31.4 Å².